The lowest BCUT2D eigenvalue weighted by Gasteiger charge is -2.32. The van der Waals surface area contributed by atoms with Gasteiger partial charge in [-0.1, -0.05) is 6.07 Å². The third-order valence-electron chi connectivity index (χ3n) is 6.78. The average molecular weight is 486 g/mol. The summed E-state index contributed by atoms with van der Waals surface area (Å²) < 4.78 is 14.7. The Morgan fingerprint density at radius 1 is 1.26 bits per heavy atom. The molecule has 3 N–H and O–H groups in total. The second kappa shape index (κ2) is 9.47. The van der Waals surface area contributed by atoms with Gasteiger partial charge >= 0.3 is 11.8 Å². The number of halogens is 1. The van der Waals surface area contributed by atoms with Gasteiger partial charge < -0.3 is 20.6 Å². The summed E-state index contributed by atoms with van der Waals surface area (Å²) in [7, 11) is 2.97. The largest absolute Gasteiger partial charge is 0.501 e. The number of aryl methyl sites for hydroxylation is 1. The van der Waals surface area contributed by atoms with Crippen LogP contribution in [0.25, 0.3) is 0 Å². The van der Waals surface area contributed by atoms with E-state index >= 15 is 0 Å². The van der Waals surface area contributed by atoms with Crippen LogP contribution in [0, 0.1) is 18.7 Å². The number of hydrogen-bond acceptors (Lipinski definition) is 6. The topological polar surface area (TPSA) is 134 Å². The Morgan fingerprint density at radius 3 is 2.69 bits per heavy atom. The number of amides is 3. The van der Waals surface area contributed by atoms with Crippen LogP contribution in [-0.4, -0.2) is 57.4 Å². The van der Waals surface area contributed by atoms with E-state index < -0.39 is 46.7 Å². The van der Waals surface area contributed by atoms with Crippen molar-refractivity contribution < 1.29 is 23.9 Å². The van der Waals surface area contributed by atoms with Crippen molar-refractivity contribution in [2.75, 3.05) is 14.1 Å². The van der Waals surface area contributed by atoms with Crippen LogP contribution >= 0.6 is 0 Å². The van der Waals surface area contributed by atoms with Gasteiger partial charge in [-0.3, -0.25) is 23.7 Å². The number of nitrogens with zero attached hydrogens (tertiary/aromatic N) is 3. The zero-order valence-corrected chi connectivity index (χ0v) is 19.8. The number of rotatable bonds is 4. The molecule has 10 nitrogen and oxygen atoms in total. The molecule has 3 unspecified atom stereocenters. The zero-order chi connectivity index (χ0) is 25.4. The van der Waals surface area contributed by atoms with Crippen LogP contribution in [0.5, 0.6) is 5.75 Å². The van der Waals surface area contributed by atoms with Gasteiger partial charge in [-0.05, 0) is 55.4 Å². The van der Waals surface area contributed by atoms with Crippen molar-refractivity contribution in [3.05, 3.63) is 57.0 Å². The molecule has 5 rings (SSSR count). The molecule has 186 valence electrons. The van der Waals surface area contributed by atoms with Gasteiger partial charge in [0.25, 0.3) is 11.5 Å². The molecule has 3 aliphatic rings. The first-order valence-electron chi connectivity index (χ1n) is 11.5. The van der Waals surface area contributed by atoms with Gasteiger partial charge in [0.1, 0.15) is 11.6 Å². The molecule has 2 aliphatic heterocycles. The van der Waals surface area contributed by atoms with Gasteiger partial charge in [0.2, 0.25) is 5.75 Å². The first-order valence-corrected chi connectivity index (χ1v) is 11.5. The number of aromatic hydroxyl groups is 1. The van der Waals surface area contributed by atoms with Crippen LogP contribution in [0.15, 0.2) is 23.0 Å². The fraction of sp³-hybridized carbons (Fsp3) is 0.458. The highest BCUT2D eigenvalue weighted by molar-refractivity contribution is 6.34. The van der Waals surface area contributed by atoms with E-state index in [0.29, 0.717) is 36.3 Å². The maximum absolute atomic E-state index is 13.4. The SMILES string of the molecule is Cc1cc(F)ccc1CNC(=O)c1nc2n(c(=O)c1O)CC1CCC2C(NC(=O)C(=O)N(C)C)C1. The highest BCUT2D eigenvalue weighted by atomic mass is 19.1. The van der Waals surface area contributed by atoms with Crippen molar-refractivity contribution in [2.45, 2.75) is 51.2 Å². The first kappa shape index (κ1) is 24.4. The van der Waals surface area contributed by atoms with Gasteiger partial charge in [0, 0.05) is 39.1 Å². The Morgan fingerprint density at radius 2 is 2.00 bits per heavy atom. The van der Waals surface area contributed by atoms with Crippen molar-refractivity contribution in [1.29, 1.82) is 0 Å². The summed E-state index contributed by atoms with van der Waals surface area (Å²) in [6, 6.07) is 3.74. The van der Waals surface area contributed by atoms with Crippen molar-refractivity contribution >= 4 is 17.7 Å². The average Bonchev–Trinajstić information content (AvgIpc) is 3.07. The summed E-state index contributed by atoms with van der Waals surface area (Å²) in [6.07, 6.45) is 1.94. The van der Waals surface area contributed by atoms with E-state index in [1.807, 2.05) is 0 Å². The molecule has 1 fully saturated rings. The van der Waals surface area contributed by atoms with Gasteiger partial charge in [-0.2, -0.15) is 0 Å². The van der Waals surface area contributed by atoms with Gasteiger partial charge in [-0.25, -0.2) is 9.37 Å². The molecule has 35 heavy (non-hydrogen) atoms. The predicted octanol–water partition coefficient (Wildman–Crippen LogP) is 0.797. The Balaban J connectivity index is 1.62. The molecule has 0 saturated heterocycles. The molecular formula is C24H28FN5O5. The normalized spacial score (nSPS) is 20.5. The third kappa shape index (κ3) is 4.75. The van der Waals surface area contributed by atoms with Crippen LogP contribution in [0.1, 0.15) is 52.6 Å². The molecule has 0 radical (unpaired) electrons. The number of hydrogen-bond donors (Lipinski definition) is 3. The number of benzene rings is 1. The van der Waals surface area contributed by atoms with Crippen LogP contribution in [0.3, 0.4) is 0 Å². The van der Waals surface area contributed by atoms with Gasteiger partial charge in [-0.15, -0.1) is 0 Å². The van der Waals surface area contributed by atoms with Gasteiger partial charge in [0.05, 0.1) is 0 Å². The minimum atomic E-state index is -0.744. The number of fused-ring (bicyclic) bond motifs is 2. The molecule has 3 heterocycles. The van der Waals surface area contributed by atoms with Crippen LogP contribution in [-0.2, 0) is 22.7 Å². The molecule has 2 aromatic rings. The highest BCUT2D eigenvalue weighted by Gasteiger charge is 2.41. The molecule has 1 aliphatic carbocycles. The Bertz CT molecular complexity index is 1260. The zero-order valence-electron chi connectivity index (χ0n) is 19.8. The van der Waals surface area contributed by atoms with E-state index in [9.17, 15) is 28.7 Å². The molecule has 2 bridgehead atoms. The van der Waals surface area contributed by atoms with Crippen molar-refractivity contribution in [1.82, 2.24) is 25.1 Å². The minimum Gasteiger partial charge on any atom is -0.501 e. The Hall–Kier alpha value is -3.76. The van der Waals surface area contributed by atoms with Crippen LogP contribution in [0.4, 0.5) is 4.39 Å². The van der Waals surface area contributed by atoms with Crippen molar-refractivity contribution in [3.63, 3.8) is 0 Å². The van der Waals surface area contributed by atoms with E-state index in [-0.39, 0.29) is 18.3 Å². The summed E-state index contributed by atoms with van der Waals surface area (Å²) in [5, 5.41) is 15.9. The second-order valence-electron chi connectivity index (χ2n) is 9.40. The maximum Gasteiger partial charge on any atom is 0.311 e. The first-order chi connectivity index (χ1) is 16.6. The fourth-order valence-corrected chi connectivity index (χ4v) is 4.88. The van der Waals surface area contributed by atoms with E-state index in [4.69, 9.17) is 0 Å². The van der Waals surface area contributed by atoms with Crippen LogP contribution in [0.2, 0.25) is 0 Å². The predicted molar refractivity (Wildman–Crippen MR) is 123 cm³/mol. The second-order valence-corrected chi connectivity index (χ2v) is 9.40. The molecule has 11 heteroatoms. The molecule has 3 amide bonds. The molecular weight excluding hydrogens is 457 g/mol. The smallest absolute Gasteiger partial charge is 0.311 e. The Kier molecular flexibility index (Phi) is 6.60. The van der Waals surface area contributed by atoms with Gasteiger partial charge in [0.15, 0.2) is 5.69 Å². The molecule has 0 spiro atoms. The number of carbonyl (C=O) groups excluding carboxylic acids is 3. The quantitative estimate of drug-likeness (QED) is 0.549. The molecule has 1 aromatic carbocycles. The third-order valence-corrected chi connectivity index (χ3v) is 6.78. The number of likely N-dealkylation sites (N-methyl/N-ethyl adjacent to an activating group) is 1. The molecule has 1 aromatic heterocycles. The summed E-state index contributed by atoms with van der Waals surface area (Å²) in [6.45, 7) is 2.07. The highest BCUT2D eigenvalue weighted by Crippen LogP contribution is 2.39. The van der Waals surface area contributed by atoms with E-state index in [0.717, 1.165) is 6.42 Å². The monoisotopic (exact) mass is 485 g/mol. The molecule has 1 saturated carbocycles. The summed E-state index contributed by atoms with van der Waals surface area (Å²) >= 11 is 0. The van der Waals surface area contributed by atoms with E-state index in [2.05, 4.69) is 15.6 Å². The summed E-state index contributed by atoms with van der Waals surface area (Å²) in [5.74, 6) is -3.34. The summed E-state index contributed by atoms with van der Waals surface area (Å²) in [4.78, 5) is 55.9. The van der Waals surface area contributed by atoms with Crippen molar-refractivity contribution in [2.24, 2.45) is 5.92 Å². The number of aromatic nitrogens is 2. The lowest BCUT2D eigenvalue weighted by atomic mass is 9.79. The maximum atomic E-state index is 13.4. The minimum absolute atomic E-state index is 0.0484. The number of carbonyl (C=O) groups is 3. The Labute approximate surface area is 201 Å². The number of nitrogens with one attached hydrogen (secondary N) is 2. The van der Waals surface area contributed by atoms with E-state index in [1.54, 1.807) is 13.0 Å². The van der Waals surface area contributed by atoms with Crippen LogP contribution < -0.4 is 16.2 Å². The van der Waals surface area contributed by atoms with E-state index in [1.165, 1.54) is 35.7 Å². The molecule has 3 atom stereocenters. The van der Waals surface area contributed by atoms with Crippen molar-refractivity contribution in [3.8, 4) is 5.75 Å². The lowest BCUT2D eigenvalue weighted by Crippen LogP contribution is -2.48. The summed E-state index contributed by atoms with van der Waals surface area (Å²) in [5.41, 5.74) is 0.206. The fourth-order valence-electron chi connectivity index (χ4n) is 4.88. The standard InChI is InChI=1S/C24H28FN5O5/c1-12-8-15(25)6-5-14(12)10-26-21(32)18-19(31)23(34)30-11-13-4-7-16(20(30)28-18)17(9-13)27-22(33)24(35)29(2)3/h5-6,8,13,16-17,31H,4,7,9-11H2,1-3H3,(H,26,32)(H,27,33). The lowest BCUT2D eigenvalue weighted by molar-refractivity contribution is -0.144.